The zero-order valence-corrected chi connectivity index (χ0v) is 15.4. The second-order valence-electron chi connectivity index (χ2n) is 5.57. The van der Waals surface area contributed by atoms with Crippen molar-refractivity contribution in [3.05, 3.63) is 63.6 Å². The summed E-state index contributed by atoms with van der Waals surface area (Å²) in [5.74, 6) is 0.134. The molecule has 0 bridgehead atoms. The van der Waals surface area contributed by atoms with Gasteiger partial charge in [-0.05, 0) is 31.8 Å². The summed E-state index contributed by atoms with van der Waals surface area (Å²) in [7, 11) is 5.43. The molecule has 128 valence electrons. The average Bonchev–Trinajstić information content (AvgIpc) is 2.55. The summed E-state index contributed by atoms with van der Waals surface area (Å²) in [5.41, 5.74) is 1.53. The molecule has 24 heavy (non-hydrogen) atoms. The number of nitrogens with one attached hydrogen (secondary N) is 1. The third-order valence-electron chi connectivity index (χ3n) is 3.73. The van der Waals surface area contributed by atoms with E-state index in [-0.39, 0.29) is 11.9 Å². The van der Waals surface area contributed by atoms with Crippen LogP contribution in [0.25, 0.3) is 0 Å². The predicted molar refractivity (Wildman–Crippen MR) is 98.2 cm³/mol. The lowest BCUT2D eigenvalue weighted by Gasteiger charge is -2.25. The van der Waals surface area contributed by atoms with E-state index in [9.17, 15) is 4.79 Å². The SMILES string of the molecule is COc1c(Cl)cc(C(=O)NC[C@@H](c2ccccc2)N(C)C)cc1Cl. The van der Waals surface area contributed by atoms with Crippen LogP contribution in [0.2, 0.25) is 10.0 Å². The quantitative estimate of drug-likeness (QED) is 0.838. The van der Waals surface area contributed by atoms with E-state index in [1.165, 1.54) is 7.11 Å². The van der Waals surface area contributed by atoms with Gasteiger partial charge in [-0.15, -0.1) is 0 Å². The largest absolute Gasteiger partial charge is 0.494 e. The number of hydrogen-bond acceptors (Lipinski definition) is 3. The fourth-order valence-electron chi connectivity index (χ4n) is 2.45. The molecule has 0 heterocycles. The molecule has 0 aliphatic heterocycles. The summed E-state index contributed by atoms with van der Waals surface area (Å²) in [6, 6.07) is 13.2. The van der Waals surface area contributed by atoms with Gasteiger partial charge in [-0.25, -0.2) is 0 Å². The minimum Gasteiger partial charge on any atom is -0.494 e. The molecule has 1 atom stereocenters. The molecule has 0 spiro atoms. The van der Waals surface area contributed by atoms with Gasteiger partial charge in [-0.1, -0.05) is 53.5 Å². The maximum Gasteiger partial charge on any atom is 0.251 e. The number of benzene rings is 2. The smallest absolute Gasteiger partial charge is 0.251 e. The van der Waals surface area contributed by atoms with Crippen LogP contribution >= 0.6 is 23.2 Å². The van der Waals surface area contributed by atoms with Crippen molar-refractivity contribution < 1.29 is 9.53 Å². The van der Waals surface area contributed by atoms with E-state index in [2.05, 4.69) is 10.2 Å². The van der Waals surface area contributed by atoms with Gasteiger partial charge in [0.05, 0.1) is 23.2 Å². The third-order valence-corrected chi connectivity index (χ3v) is 4.29. The molecule has 0 saturated carbocycles. The Morgan fingerprint density at radius 1 is 1.17 bits per heavy atom. The summed E-state index contributed by atoms with van der Waals surface area (Å²) in [4.78, 5) is 14.5. The molecule has 0 saturated heterocycles. The second kappa shape index (κ2) is 8.38. The lowest BCUT2D eigenvalue weighted by molar-refractivity contribution is 0.0942. The minimum atomic E-state index is -0.232. The number of carbonyl (C=O) groups is 1. The first-order valence-corrected chi connectivity index (χ1v) is 8.22. The van der Waals surface area contributed by atoms with Gasteiger partial charge in [0.2, 0.25) is 0 Å². The van der Waals surface area contributed by atoms with Gasteiger partial charge in [-0.2, -0.15) is 0 Å². The lowest BCUT2D eigenvalue weighted by Crippen LogP contribution is -2.34. The highest BCUT2D eigenvalue weighted by Gasteiger charge is 2.17. The van der Waals surface area contributed by atoms with Crippen molar-refractivity contribution in [2.24, 2.45) is 0 Å². The zero-order chi connectivity index (χ0) is 17.7. The Labute approximate surface area is 152 Å². The fourth-order valence-corrected chi connectivity index (χ4v) is 3.09. The molecule has 2 rings (SSSR count). The lowest BCUT2D eigenvalue weighted by atomic mass is 10.1. The molecule has 0 unspecified atom stereocenters. The number of nitrogens with zero attached hydrogens (tertiary/aromatic N) is 1. The van der Waals surface area contributed by atoms with Gasteiger partial charge in [0.1, 0.15) is 0 Å². The molecule has 0 aliphatic carbocycles. The first-order chi connectivity index (χ1) is 11.4. The van der Waals surface area contributed by atoms with Crippen LogP contribution in [-0.4, -0.2) is 38.6 Å². The molecule has 2 aromatic carbocycles. The normalized spacial score (nSPS) is 12.1. The molecule has 1 amide bonds. The van der Waals surface area contributed by atoms with Gasteiger partial charge < -0.3 is 15.0 Å². The Balaban J connectivity index is 2.12. The number of ether oxygens (including phenoxy) is 1. The molecule has 2 aromatic rings. The average molecular weight is 367 g/mol. The minimum absolute atomic E-state index is 0.0688. The topological polar surface area (TPSA) is 41.6 Å². The Morgan fingerprint density at radius 2 is 1.75 bits per heavy atom. The Morgan fingerprint density at radius 3 is 2.25 bits per heavy atom. The standard InChI is InChI=1S/C18H20Cl2N2O2/c1-22(2)16(12-7-5-4-6-8-12)11-21-18(23)13-9-14(19)17(24-3)15(20)10-13/h4-10,16H,11H2,1-3H3,(H,21,23)/t16-/m0/s1. The second-order valence-corrected chi connectivity index (χ2v) is 6.39. The highest BCUT2D eigenvalue weighted by molar-refractivity contribution is 6.37. The van der Waals surface area contributed by atoms with E-state index in [4.69, 9.17) is 27.9 Å². The van der Waals surface area contributed by atoms with Crippen LogP contribution in [0.5, 0.6) is 5.75 Å². The van der Waals surface area contributed by atoms with Crippen LogP contribution in [0.15, 0.2) is 42.5 Å². The van der Waals surface area contributed by atoms with E-state index in [1.807, 2.05) is 44.4 Å². The van der Waals surface area contributed by atoms with E-state index < -0.39 is 0 Å². The van der Waals surface area contributed by atoms with Crippen LogP contribution < -0.4 is 10.1 Å². The van der Waals surface area contributed by atoms with Gasteiger partial charge in [0.15, 0.2) is 5.75 Å². The fraction of sp³-hybridized carbons (Fsp3) is 0.278. The molecule has 1 N–H and O–H groups in total. The number of halogens is 2. The van der Waals surface area contributed by atoms with Crippen molar-refractivity contribution in [3.8, 4) is 5.75 Å². The van der Waals surface area contributed by atoms with E-state index in [0.29, 0.717) is 27.9 Å². The van der Waals surface area contributed by atoms with Crippen molar-refractivity contribution in [2.75, 3.05) is 27.7 Å². The summed E-state index contributed by atoms with van der Waals surface area (Å²) in [6.07, 6.45) is 0. The number of hydrogen-bond donors (Lipinski definition) is 1. The van der Waals surface area contributed by atoms with Crippen LogP contribution in [0.3, 0.4) is 0 Å². The van der Waals surface area contributed by atoms with Gasteiger partial charge in [-0.3, -0.25) is 4.79 Å². The maximum absolute atomic E-state index is 12.4. The maximum atomic E-state index is 12.4. The molecule has 4 nitrogen and oxygen atoms in total. The van der Waals surface area contributed by atoms with Gasteiger partial charge >= 0.3 is 0 Å². The van der Waals surface area contributed by atoms with Crippen LogP contribution in [0.4, 0.5) is 0 Å². The molecule has 0 aromatic heterocycles. The molecule has 0 radical (unpaired) electrons. The highest BCUT2D eigenvalue weighted by Crippen LogP contribution is 2.33. The van der Waals surface area contributed by atoms with Crippen LogP contribution in [-0.2, 0) is 0 Å². The predicted octanol–water partition coefficient (Wildman–Crippen LogP) is 4.03. The van der Waals surface area contributed by atoms with Gasteiger partial charge in [0.25, 0.3) is 5.91 Å². The first-order valence-electron chi connectivity index (χ1n) is 7.46. The molecular weight excluding hydrogens is 347 g/mol. The van der Waals surface area contributed by atoms with Crippen molar-refractivity contribution in [2.45, 2.75) is 6.04 Å². The van der Waals surface area contributed by atoms with Crippen LogP contribution in [0, 0.1) is 0 Å². The van der Waals surface area contributed by atoms with Crippen LogP contribution in [0.1, 0.15) is 22.0 Å². The monoisotopic (exact) mass is 366 g/mol. The van der Waals surface area contributed by atoms with Crippen molar-refractivity contribution in [3.63, 3.8) is 0 Å². The number of rotatable bonds is 6. The molecular formula is C18H20Cl2N2O2. The van der Waals surface area contributed by atoms with Crippen molar-refractivity contribution in [1.29, 1.82) is 0 Å². The highest BCUT2D eigenvalue weighted by atomic mass is 35.5. The zero-order valence-electron chi connectivity index (χ0n) is 13.8. The molecule has 6 heteroatoms. The van der Waals surface area contributed by atoms with Gasteiger partial charge in [0, 0.05) is 12.1 Å². The van der Waals surface area contributed by atoms with Crippen molar-refractivity contribution >= 4 is 29.1 Å². The van der Waals surface area contributed by atoms with E-state index >= 15 is 0 Å². The van der Waals surface area contributed by atoms with E-state index in [1.54, 1.807) is 12.1 Å². The Kier molecular flexibility index (Phi) is 6.49. The van der Waals surface area contributed by atoms with E-state index in [0.717, 1.165) is 5.56 Å². The molecule has 0 aliphatic rings. The third kappa shape index (κ3) is 4.41. The Hall–Kier alpha value is -1.75. The first kappa shape index (κ1) is 18.6. The Bertz CT molecular complexity index is 682. The summed E-state index contributed by atoms with van der Waals surface area (Å²) in [6.45, 7) is 0.469. The number of methoxy groups -OCH3 is 1. The number of carbonyl (C=O) groups excluding carboxylic acids is 1. The summed E-state index contributed by atoms with van der Waals surface area (Å²) >= 11 is 12.2. The summed E-state index contributed by atoms with van der Waals surface area (Å²) < 4.78 is 5.10. The number of amides is 1. The number of likely N-dealkylation sites (N-methyl/N-ethyl adjacent to an activating group) is 1. The van der Waals surface area contributed by atoms with Crippen molar-refractivity contribution in [1.82, 2.24) is 10.2 Å². The summed E-state index contributed by atoms with van der Waals surface area (Å²) in [5, 5.41) is 3.55. The molecule has 0 fully saturated rings.